The lowest BCUT2D eigenvalue weighted by molar-refractivity contribution is -0.126. The Labute approximate surface area is 213 Å². The number of esters is 1. The first-order valence-corrected chi connectivity index (χ1v) is 13.8. The van der Waals surface area contributed by atoms with Crippen molar-refractivity contribution in [2.45, 2.75) is 55.9 Å². The molecule has 0 unspecified atom stereocenters. The summed E-state index contributed by atoms with van der Waals surface area (Å²) in [5.74, 6) is -1.24. The summed E-state index contributed by atoms with van der Waals surface area (Å²) in [6.45, 7) is -0.333. The van der Waals surface area contributed by atoms with E-state index in [1.165, 1.54) is 31.0 Å². The smallest absolute Gasteiger partial charge is 0.339 e. The monoisotopic (exact) mass is 521 g/mol. The number of nitrogens with one attached hydrogen (secondary N) is 2. The number of carbonyl (C=O) groups is 5. The van der Waals surface area contributed by atoms with Gasteiger partial charge in [0.25, 0.3) is 11.1 Å². The van der Waals surface area contributed by atoms with E-state index in [4.69, 9.17) is 4.74 Å². The summed E-state index contributed by atoms with van der Waals surface area (Å²) in [5, 5.41) is 5.31. The minimum atomic E-state index is -0.662. The third kappa shape index (κ3) is 8.88. The molecule has 190 valence electrons. The van der Waals surface area contributed by atoms with Gasteiger partial charge in [-0.3, -0.25) is 24.1 Å². The third-order valence-corrected chi connectivity index (χ3v) is 7.70. The molecular formula is C24H31N3O6S2. The molecule has 3 rings (SSSR count). The van der Waals surface area contributed by atoms with Crippen molar-refractivity contribution in [1.82, 2.24) is 15.5 Å². The van der Waals surface area contributed by atoms with Gasteiger partial charge in [0.05, 0.1) is 17.1 Å². The Hall–Kier alpha value is -2.53. The highest BCUT2D eigenvalue weighted by Gasteiger charge is 2.29. The Balaban J connectivity index is 1.41. The Morgan fingerprint density at radius 2 is 1.74 bits per heavy atom. The van der Waals surface area contributed by atoms with E-state index in [0.717, 1.165) is 42.3 Å². The van der Waals surface area contributed by atoms with E-state index < -0.39 is 18.5 Å². The summed E-state index contributed by atoms with van der Waals surface area (Å²) >= 11 is 2.19. The van der Waals surface area contributed by atoms with E-state index in [0.29, 0.717) is 4.90 Å². The predicted molar refractivity (Wildman–Crippen MR) is 134 cm³/mol. The highest BCUT2D eigenvalue weighted by molar-refractivity contribution is 8.14. The fourth-order valence-corrected chi connectivity index (χ4v) is 5.54. The molecule has 2 fully saturated rings. The van der Waals surface area contributed by atoms with Gasteiger partial charge < -0.3 is 15.4 Å². The molecule has 1 aliphatic heterocycles. The Bertz CT molecular complexity index is 918. The Morgan fingerprint density at radius 3 is 2.46 bits per heavy atom. The largest absolute Gasteiger partial charge is 0.452 e. The van der Waals surface area contributed by atoms with Gasteiger partial charge in [-0.15, -0.1) is 11.8 Å². The number of carbonyl (C=O) groups excluding carboxylic acids is 5. The zero-order valence-corrected chi connectivity index (χ0v) is 21.2. The van der Waals surface area contributed by atoms with Crippen molar-refractivity contribution in [2.24, 2.45) is 0 Å². The highest BCUT2D eigenvalue weighted by atomic mass is 32.2. The molecule has 1 heterocycles. The number of imide groups is 1. The molecular weight excluding hydrogens is 490 g/mol. The number of nitrogens with zero attached hydrogens (tertiary/aromatic N) is 1. The van der Waals surface area contributed by atoms with Crippen LogP contribution in [0.25, 0.3) is 0 Å². The zero-order chi connectivity index (χ0) is 25.0. The highest BCUT2D eigenvalue weighted by Crippen LogP contribution is 2.24. The number of ether oxygens (including phenoxy) is 1. The van der Waals surface area contributed by atoms with Gasteiger partial charge in [0.2, 0.25) is 11.8 Å². The van der Waals surface area contributed by atoms with Gasteiger partial charge in [-0.25, -0.2) is 4.79 Å². The van der Waals surface area contributed by atoms with Crippen LogP contribution in [0.1, 0.15) is 55.3 Å². The molecule has 1 aromatic carbocycles. The maximum atomic E-state index is 12.6. The van der Waals surface area contributed by atoms with E-state index in [2.05, 4.69) is 10.6 Å². The van der Waals surface area contributed by atoms with Gasteiger partial charge in [-0.1, -0.05) is 56.0 Å². The first-order valence-electron chi connectivity index (χ1n) is 11.9. The number of hydrogen-bond acceptors (Lipinski definition) is 8. The van der Waals surface area contributed by atoms with Crippen molar-refractivity contribution in [3.8, 4) is 0 Å². The van der Waals surface area contributed by atoms with Crippen LogP contribution in [0.15, 0.2) is 29.2 Å². The number of hydrogen-bond donors (Lipinski definition) is 2. The zero-order valence-electron chi connectivity index (χ0n) is 19.6. The molecule has 0 aromatic heterocycles. The second kappa shape index (κ2) is 14.1. The van der Waals surface area contributed by atoms with Crippen molar-refractivity contribution in [3.63, 3.8) is 0 Å². The van der Waals surface area contributed by atoms with Crippen LogP contribution in [0, 0.1) is 0 Å². The van der Waals surface area contributed by atoms with E-state index in [-0.39, 0.29) is 53.3 Å². The van der Waals surface area contributed by atoms with Gasteiger partial charge in [-0.2, -0.15) is 0 Å². The average molecular weight is 522 g/mol. The second-order valence-corrected chi connectivity index (χ2v) is 10.4. The first-order chi connectivity index (χ1) is 16.9. The summed E-state index contributed by atoms with van der Waals surface area (Å²) in [6.07, 6.45) is 7.97. The van der Waals surface area contributed by atoms with Crippen molar-refractivity contribution in [2.75, 3.05) is 31.2 Å². The molecule has 0 radical (unpaired) electrons. The molecule has 1 aliphatic carbocycles. The van der Waals surface area contributed by atoms with Crippen molar-refractivity contribution < 1.29 is 28.7 Å². The van der Waals surface area contributed by atoms with Gasteiger partial charge in [0, 0.05) is 24.0 Å². The molecule has 2 aliphatic rings. The van der Waals surface area contributed by atoms with Crippen LogP contribution in [-0.2, 0) is 19.1 Å². The van der Waals surface area contributed by atoms with Gasteiger partial charge >= 0.3 is 5.97 Å². The molecule has 4 amide bonds. The SMILES string of the molecule is O=C(COC(=O)c1ccccc1SCC(=O)NC1CCCCCCC1)NCCN1C(=O)CSC1=O. The molecule has 0 atom stereocenters. The topological polar surface area (TPSA) is 122 Å². The lowest BCUT2D eigenvalue weighted by atomic mass is 9.97. The van der Waals surface area contributed by atoms with Crippen LogP contribution in [-0.4, -0.2) is 71.1 Å². The quantitative estimate of drug-likeness (QED) is 0.356. The lowest BCUT2D eigenvalue weighted by Gasteiger charge is -2.21. The Kier molecular flexibility index (Phi) is 10.9. The molecule has 1 aromatic rings. The average Bonchev–Trinajstić information content (AvgIpc) is 3.15. The van der Waals surface area contributed by atoms with E-state index in [1.54, 1.807) is 24.3 Å². The molecule has 35 heavy (non-hydrogen) atoms. The van der Waals surface area contributed by atoms with E-state index in [1.807, 2.05) is 0 Å². The van der Waals surface area contributed by atoms with Crippen molar-refractivity contribution in [1.29, 1.82) is 0 Å². The molecule has 2 N–H and O–H groups in total. The summed E-state index contributed by atoms with van der Waals surface area (Å²) in [6, 6.07) is 7.02. The van der Waals surface area contributed by atoms with Crippen LogP contribution >= 0.6 is 23.5 Å². The molecule has 0 bridgehead atoms. The number of thioether (sulfide) groups is 2. The fourth-order valence-electron chi connectivity index (χ4n) is 3.94. The predicted octanol–water partition coefficient (Wildman–Crippen LogP) is 2.98. The van der Waals surface area contributed by atoms with Crippen LogP contribution in [0.3, 0.4) is 0 Å². The van der Waals surface area contributed by atoms with Crippen LogP contribution < -0.4 is 10.6 Å². The van der Waals surface area contributed by atoms with Gasteiger partial charge in [0.15, 0.2) is 6.61 Å². The fraction of sp³-hybridized carbons (Fsp3) is 0.542. The van der Waals surface area contributed by atoms with E-state index >= 15 is 0 Å². The first kappa shape index (κ1) is 27.1. The van der Waals surface area contributed by atoms with E-state index in [9.17, 15) is 24.0 Å². The molecule has 11 heteroatoms. The number of benzene rings is 1. The molecule has 1 saturated carbocycles. The molecule has 9 nitrogen and oxygen atoms in total. The van der Waals surface area contributed by atoms with Crippen molar-refractivity contribution in [3.05, 3.63) is 29.8 Å². The van der Waals surface area contributed by atoms with Gasteiger partial charge in [-0.05, 0) is 25.0 Å². The third-order valence-electron chi connectivity index (χ3n) is 5.77. The Morgan fingerprint density at radius 1 is 1.03 bits per heavy atom. The summed E-state index contributed by atoms with van der Waals surface area (Å²) in [5.41, 5.74) is 0.286. The van der Waals surface area contributed by atoms with Crippen LogP contribution in [0.2, 0.25) is 0 Å². The summed E-state index contributed by atoms with van der Waals surface area (Å²) in [7, 11) is 0. The minimum absolute atomic E-state index is 0.0588. The molecule has 0 spiro atoms. The normalized spacial score (nSPS) is 17.0. The lowest BCUT2D eigenvalue weighted by Crippen LogP contribution is -2.38. The summed E-state index contributed by atoms with van der Waals surface area (Å²) in [4.78, 5) is 61.8. The maximum absolute atomic E-state index is 12.6. The second-order valence-electron chi connectivity index (χ2n) is 8.42. The summed E-state index contributed by atoms with van der Waals surface area (Å²) < 4.78 is 5.13. The number of rotatable bonds is 10. The maximum Gasteiger partial charge on any atom is 0.339 e. The van der Waals surface area contributed by atoms with Gasteiger partial charge in [0.1, 0.15) is 0 Å². The van der Waals surface area contributed by atoms with Crippen LogP contribution in [0.5, 0.6) is 0 Å². The van der Waals surface area contributed by atoms with Crippen molar-refractivity contribution >= 4 is 52.5 Å². The standard InChI is InChI=1S/C24H31N3O6S2/c28-20(25-12-13-27-22(30)16-35-24(27)32)14-33-23(31)18-10-6-7-11-19(18)34-15-21(29)26-17-8-4-2-1-3-5-9-17/h6-7,10-11,17H,1-5,8-9,12-16H2,(H,25,28)(H,26,29). The number of amides is 4. The minimum Gasteiger partial charge on any atom is -0.452 e. The molecule has 1 saturated heterocycles. The van der Waals surface area contributed by atoms with Crippen LogP contribution in [0.4, 0.5) is 4.79 Å².